The number of esters is 1. The summed E-state index contributed by atoms with van der Waals surface area (Å²) in [4.78, 5) is 37.5. The maximum Gasteiger partial charge on any atom is 0.306 e. The third-order valence-corrected chi connectivity index (χ3v) is 4.69. The van der Waals surface area contributed by atoms with E-state index >= 15 is 0 Å². The maximum atomic E-state index is 12.3. The number of hydrogen-bond donors (Lipinski definition) is 1. The number of rotatable bonds is 6. The van der Waals surface area contributed by atoms with Gasteiger partial charge < -0.3 is 9.64 Å². The van der Waals surface area contributed by atoms with Gasteiger partial charge in [-0.2, -0.15) is 0 Å². The molecule has 2 aliphatic rings. The molecule has 2 aliphatic heterocycles. The van der Waals surface area contributed by atoms with Crippen molar-refractivity contribution in [1.29, 1.82) is 0 Å². The highest BCUT2D eigenvalue weighted by Gasteiger charge is 2.28. The lowest BCUT2D eigenvalue weighted by Crippen LogP contribution is -2.49. The van der Waals surface area contributed by atoms with E-state index in [1.165, 1.54) is 6.42 Å². The number of piperidine rings is 2. The van der Waals surface area contributed by atoms with Gasteiger partial charge in [0.1, 0.15) is 0 Å². The molecule has 1 N–H and O–H groups in total. The van der Waals surface area contributed by atoms with Crippen LogP contribution in [0.25, 0.3) is 0 Å². The molecule has 0 bridgehead atoms. The second-order valence-electron chi connectivity index (χ2n) is 6.48. The smallest absolute Gasteiger partial charge is 0.306 e. The van der Waals surface area contributed by atoms with Gasteiger partial charge in [0.15, 0.2) is 0 Å². The Labute approximate surface area is 143 Å². The monoisotopic (exact) mass is 339 g/mol. The Bertz CT molecular complexity index is 441. The molecule has 0 atom stereocenters. The number of likely N-dealkylation sites (tertiary alicyclic amines) is 1. The number of nitrogens with one attached hydrogen (secondary N) is 1. The molecule has 0 aromatic rings. The molecule has 2 heterocycles. The van der Waals surface area contributed by atoms with Gasteiger partial charge in [0.05, 0.1) is 13.0 Å². The quantitative estimate of drug-likeness (QED) is 0.733. The van der Waals surface area contributed by atoms with E-state index in [4.69, 9.17) is 4.74 Å². The summed E-state index contributed by atoms with van der Waals surface area (Å²) >= 11 is 0. The van der Waals surface area contributed by atoms with Crippen molar-refractivity contribution in [3.8, 4) is 0 Å². The van der Waals surface area contributed by atoms with Crippen LogP contribution in [0.4, 0.5) is 0 Å². The zero-order chi connectivity index (χ0) is 17.4. The molecular formula is C17H29N3O4. The highest BCUT2D eigenvalue weighted by molar-refractivity contribution is 5.82. The predicted molar refractivity (Wildman–Crippen MR) is 88.7 cm³/mol. The SMILES string of the molecule is CCOC(=O)CCC(=O)N1CCC(C(=O)NN2CCCCC2)CC1. The van der Waals surface area contributed by atoms with Crippen LogP contribution < -0.4 is 5.43 Å². The topological polar surface area (TPSA) is 79.0 Å². The molecule has 2 saturated heterocycles. The minimum atomic E-state index is -0.332. The Morgan fingerprint density at radius 1 is 1.00 bits per heavy atom. The molecule has 2 amide bonds. The second kappa shape index (κ2) is 9.61. The van der Waals surface area contributed by atoms with Gasteiger partial charge >= 0.3 is 5.97 Å². The van der Waals surface area contributed by atoms with Crippen LogP contribution in [0.1, 0.15) is 51.9 Å². The third kappa shape index (κ3) is 5.78. The molecule has 7 heteroatoms. The molecule has 0 aliphatic carbocycles. The van der Waals surface area contributed by atoms with Gasteiger partial charge in [-0.25, -0.2) is 5.01 Å². The van der Waals surface area contributed by atoms with Gasteiger partial charge in [0, 0.05) is 38.5 Å². The van der Waals surface area contributed by atoms with Crippen molar-refractivity contribution in [3.05, 3.63) is 0 Å². The Morgan fingerprint density at radius 2 is 1.67 bits per heavy atom. The fraction of sp³-hybridized carbons (Fsp3) is 0.824. The maximum absolute atomic E-state index is 12.3. The number of carbonyl (C=O) groups is 3. The molecule has 2 rings (SSSR count). The lowest BCUT2D eigenvalue weighted by molar-refractivity contribution is -0.146. The number of hydrogen-bond acceptors (Lipinski definition) is 5. The van der Waals surface area contributed by atoms with Crippen molar-refractivity contribution in [2.75, 3.05) is 32.8 Å². The van der Waals surface area contributed by atoms with Gasteiger partial charge in [-0.05, 0) is 32.6 Å². The van der Waals surface area contributed by atoms with Crippen LogP contribution in [0.5, 0.6) is 0 Å². The van der Waals surface area contributed by atoms with Crippen LogP contribution in [0.2, 0.25) is 0 Å². The van der Waals surface area contributed by atoms with Crippen LogP contribution in [0.3, 0.4) is 0 Å². The van der Waals surface area contributed by atoms with Crippen LogP contribution >= 0.6 is 0 Å². The van der Waals surface area contributed by atoms with Crippen LogP contribution in [-0.4, -0.2) is 60.5 Å². The van der Waals surface area contributed by atoms with E-state index in [1.54, 1.807) is 11.8 Å². The van der Waals surface area contributed by atoms with Crippen LogP contribution in [0, 0.1) is 5.92 Å². The van der Waals surface area contributed by atoms with Crippen molar-refractivity contribution in [3.63, 3.8) is 0 Å². The molecule has 0 radical (unpaired) electrons. The van der Waals surface area contributed by atoms with E-state index < -0.39 is 0 Å². The molecule has 0 saturated carbocycles. The lowest BCUT2D eigenvalue weighted by atomic mass is 9.96. The number of amides is 2. The first-order valence-electron chi connectivity index (χ1n) is 9.09. The third-order valence-electron chi connectivity index (χ3n) is 4.69. The minimum Gasteiger partial charge on any atom is -0.466 e. The summed E-state index contributed by atoms with van der Waals surface area (Å²) in [5.74, 6) is -0.309. The van der Waals surface area contributed by atoms with Gasteiger partial charge in [0.25, 0.3) is 0 Å². The molecular weight excluding hydrogens is 310 g/mol. The van der Waals surface area contributed by atoms with E-state index in [0.717, 1.165) is 25.9 Å². The normalized spacial score (nSPS) is 19.8. The first-order chi connectivity index (χ1) is 11.6. The molecule has 136 valence electrons. The molecule has 0 unspecified atom stereocenters. The van der Waals surface area contributed by atoms with E-state index in [0.29, 0.717) is 32.5 Å². The number of carbonyl (C=O) groups excluding carboxylic acids is 3. The van der Waals surface area contributed by atoms with Crippen molar-refractivity contribution in [1.82, 2.24) is 15.3 Å². The summed E-state index contributed by atoms with van der Waals surface area (Å²) in [6.45, 7) is 5.11. The van der Waals surface area contributed by atoms with E-state index in [-0.39, 0.29) is 36.5 Å². The van der Waals surface area contributed by atoms with Crippen molar-refractivity contribution >= 4 is 17.8 Å². The molecule has 0 aromatic heterocycles. The highest BCUT2D eigenvalue weighted by atomic mass is 16.5. The average molecular weight is 339 g/mol. The number of ether oxygens (including phenoxy) is 1. The molecule has 0 aromatic carbocycles. The predicted octanol–water partition coefficient (Wildman–Crippen LogP) is 1.09. The van der Waals surface area contributed by atoms with Crippen molar-refractivity contribution in [2.24, 2.45) is 5.92 Å². The zero-order valence-corrected chi connectivity index (χ0v) is 14.6. The summed E-state index contributed by atoms with van der Waals surface area (Å²) in [5.41, 5.74) is 3.02. The Morgan fingerprint density at radius 3 is 2.29 bits per heavy atom. The Kier molecular flexibility index (Phi) is 7.49. The van der Waals surface area contributed by atoms with Crippen molar-refractivity contribution < 1.29 is 19.1 Å². The lowest BCUT2D eigenvalue weighted by Gasteiger charge is -2.33. The zero-order valence-electron chi connectivity index (χ0n) is 14.6. The molecule has 0 spiro atoms. The highest BCUT2D eigenvalue weighted by Crippen LogP contribution is 2.19. The Balaban J connectivity index is 1.67. The minimum absolute atomic E-state index is 0.0268. The van der Waals surface area contributed by atoms with E-state index in [9.17, 15) is 14.4 Å². The summed E-state index contributed by atoms with van der Waals surface area (Å²) in [7, 11) is 0. The van der Waals surface area contributed by atoms with Gasteiger partial charge in [-0.1, -0.05) is 6.42 Å². The first kappa shape index (κ1) is 18.7. The first-order valence-corrected chi connectivity index (χ1v) is 9.09. The summed E-state index contributed by atoms with van der Waals surface area (Å²) < 4.78 is 4.83. The number of hydrazine groups is 1. The van der Waals surface area contributed by atoms with Crippen molar-refractivity contribution in [2.45, 2.75) is 51.9 Å². The second-order valence-corrected chi connectivity index (χ2v) is 6.48. The van der Waals surface area contributed by atoms with Crippen LogP contribution in [-0.2, 0) is 19.1 Å². The average Bonchev–Trinajstić information content (AvgIpc) is 2.61. The fourth-order valence-corrected chi connectivity index (χ4v) is 3.24. The molecule has 2 fully saturated rings. The fourth-order valence-electron chi connectivity index (χ4n) is 3.24. The largest absolute Gasteiger partial charge is 0.466 e. The Hall–Kier alpha value is -1.63. The number of nitrogens with zero attached hydrogens (tertiary/aromatic N) is 2. The van der Waals surface area contributed by atoms with Gasteiger partial charge in [-0.3, -0.25) is 19.8 Å². The van der Waals surface area contributed by atoms with Gasteiger partial charge in [0.2, 0.25) is 11.8 Å². The van der Waals surface area contributed by atoms with E-state index in [2.05, 4.69) is 5.43 Å². The summed E-state index contributed by atoms with van der Waals surface area (Å²) in [5, 5.41) is 2.02. The molecule has 7 nitrogen and oxygen atoms in total. The standard InChI is InChI=1S/C17H29N3O4/c1-2-24-16(22)7-6-15(21)19-12-8-14(9-13-19)17(23)18-20-10-4-3-5-11-20/h14H,2-13H2,1H3,(H,18,23). The van der Waals surface area contributed by atoms with E-state index in [1.807, 2.05) is 5.01 Å². The molecule has 24 heavy (non-hydrogen) atoms. The summed E-state index contributed by atoms with van der Waals surface area (Å²) in [6.07, 6.45) is 5.18. The van der Waals surface area contributed by atoms with Crippen LogP contribution in [0.15, 0.2) is 0 Å². The van der Waals surface area contributed by atoms with Gasteiger partial charge in [-0.15, -0.1) is 0 Å². The summed E-state index contributed by atoms with van der Waals surface area (Å²) in [6, 6.07) is 0.